The van der Waals surface area contributed by atoms with E-state index in [1.165, 1.54) is 0 Å². The van der Waals surface area contributed by atoms with Crippen LogP contribution in [-0.2, 0) is 32.1 Å². The molecule has 0 saturated heterocycles. The molecule has 0 aromatic heterocycles. The molecule has 0 amide bonds. The van der Waals surface area contributed by atoms with Gasteiger partial charge in [-0.2, -0.15) is 0 Å². The van der Waals surface area contributed by atoms with Gasteiger partial charge in [0.25, 0.3) is 0 Å². The first kappa shape index (κ1) is 24.8. The molecule has 0 aliphatic rings. The van der Waals surface area contributed by atoms with Crippen molar-refractivity contribution in [3.63, 3.8) is 0 Å². The van der Waals surface area contributed by atoms with Gasteiger partial charge in [-0.15, -0.1) is 0 Å². The predicted molar refractivity (Wildman–Crippen MR) is 124 cm³/mol. The fourth-order valence-electron chi connectivity index (χ4n) is 2.95. The number of ether oxygens (including phenoxy) is 2. The molecular formula is C24H33NO5Si. The van der Waals surface area contributed by atoms with Crippen molar-refractivity contribution in [2.45, 2.75) is 50.7 Å². The van der Waals surface area contributed by atoms with Crippen LogP contribution in [-0.4, -0.2) is 44.4 Å². The minimum absolute atomic E-state index is 0.143. The molecule has 0 aliphatic heterocycles. The smallest absolute Gasteiger partial charge is 0.323 e. The molecule has 0 heterocycles. The molecule has 2 aromatic carbocycles. The minimum atomic E-state index is -1.22. The van der Waals surface area contributed by atoms with Crippen molar-refractivity contribution < 1.29 is 24.2 Å². The van der Waals surface area contributed by atoms with E-state index in [4.69, 9.17) is 15.2 Å². The van der Waals surface area contributed by atoms with Gasteiger partial charge in [-0.05, 0) is 29.2 Å². The monoisotopic (exact) mass is 443 g/mol. The van der Waals surface area contributed by atoms with Crippen LogP contribution in [0.3, 0.4) is 0 Å². The van der Waals surface area contributed by atoms with Crippen molar-refractivity contribution in [3.05, 3.63) is 71.3 Å². The molecular weight excluding hydrogens is 410 g/mol. The van der Waals surface area contributed by atoms with Gasteiger partial charge in [-0.1, -0.05) is 74.2 Å². The average molecular weight is 444 g/mol. The Morgan fingerprint density at radius 1 is 1.00 bits per heavy atom. The quantitative estimate of drug-likeness (QED) is 0.294. The number of benzene rings is 2. The van der Waals surface area contributed by atoms with Crippen LogP contribution in [0.1, 0.15) is 22.6 Å². The molecule has 0 radical (unpaired) electrons. The van der Waals surface area contributed by atoms with Gasteiger partial charge in [-0.3, -0.25) is 9.59 Å². The van der Waals surface area contributed by atoms with Crippen molar-refractivity contribution in [2.75, 3.05) is 13.2 Å². The second-order valence-corrected chi connectivity index (χ2v) is 14.5. The van der Waals surface area contributed by atoms with Gasteiger partial charge in [0.1, 0.15) is 18.6 Å². The molecule has 2 rings (SSSR count). The summed E-state index contributed by atoms with van der Waals surface area (Å²) in [6.45, 7) is 7.68. The van der Waals surface area contributed by atoms with E-state index in [1.54, 1.807) is 24.3 Å². The van der Waals surface area contributed by atoms with Gasteiger partial charge in [0.05, 0.1) is 6.61 Å². The fourth-order valence-corrected chi connectivity index (χ4v) is 3.71. The van der Waals surface area contributed by atoms with Crippen molar-refractivity contribution in [1.82, 2.24) is 0 Å². The Morgan fingerprint density at radius 2 is 1.65 bits per heavy atom. The van der Waals surface area contributed by atoms with Crippen LogP contribution in [0.25, 0.3) is 0 Å². The number of hydrogen-bond acceptors (Lipinski definition) is 5. The van der Waals surface area contributed by atoms with E-state index in [9.17, 15) is 14.7 Å². The maximum absolute atomic E-state index is 12.2. The molecule has 2 aromatic rings. The summed E-state index contributed by atoms with van der Waals surface area (Å²) in [5.74, 6) is -2.10. The van der Waals surface area contributed by atoms with Crippen molar-refractivity contribution in [3.8, 4) is 0 Å². The van der Waals surface area contributed by atoms with E-state index in [0.717, 1.165) is 17.2 Å². The third kappa shape index (κ3) is 9.04. The lowest BCUT2D eigenvalue weighted by Gasteiger charge is -2.18. The molecule has 0 aliphatic carbocycles. The first-order valence-corrected chi connectivity index (χ1v) is 14.2. The highest BCUT2D eigenvalue weighted by Crippen LogP contribution is 2.19. The normalized spacial score (nSPS) is 13.4. The highest BCUT2D eigenvalue weighted by Gasteiger charge is 2.22. The standard InChI is InChI=1S/C24H33NO5Si/c1-31(2,3)14-13-29-17-21(23(26)27)20-11-9-18(10-12-20)15-22(25)24(28)30-16-19-7-5-4-6-8-19/h4-12,21-22H,13-17,25H2,1-3H3,(H,26,27)/t21?,22-/m0/s1. The molecule has 1 unspecified atom stereocenters. The maximum atomic E-state index is 12.2. The molecule has 168 valence electrons. The topological polar surface area (TPSA) is 98.9 Å². The van der Waals surface area contributed by atoms with E-state index in [1.807, 2.05) is 30.3 Å². The van der Waals surface area contributed by atoms with E-state index in [0.29, 0.717) is 18.6 Å². The number of carboxylic acid groups (broad SMARTS) is 1. The Labute approximate surface area is 185 Å². The number of carbonyl (C=O) groups is 2. The summed E-state index contributed by atoms with van der Waals surface area (Å²) in [6, 6.07) is 16.8. The molecule has 2 atom stereocenters. The number of esters is 1. The van der Waals surface area contributed by atoms with E-state index in [-0.39, 0.29) is 13.2 Å². The Bertz CT molecular complexity index is 833. The highest BCUT2D eigenvalue weighted by molar-refractivity contribution is 6.76. The largest absolute Gasteiger partial charge is 0.481 e. The lowest BCUT2D eigenvalue weighted by molar-refractivity contribution is -0.146. The SMILES string of the molecule is C[Si](C)(C)CCOCC(C(=O)O)c1ccc(C[C@H](N)C(=O)OCc2ccccc2)cc1. The molecule has 3 N–H and O–H groups in total. The Hall–Kier alpha value is -2.48. The third-order valence-electron chi connectivity index (χ3n) is 4.94. The molecule has 0 bridgehead atoms. The van der Waals surface area contributed by atoms with Gasteiger partial charge >= 0.3 is 11.9 Å². The van der Waals surface area contributed by atoms with Crippen LogP contribution >= 0.6 is 0 Å². The van der Waals surface area contributed by atoms with Gasteiger partial charge in [0.15, 0.2) is 0 Å². The predicted octanol–water partition coefficient (Wildman–Crippen LogP) is 3.82. The van der Waals surface area contributed by atoms with Gasteiger partial charge in [-0.25, -0.2) is 0 Å². The fraction of sp³-hybridized carbons (Fsp3) is 0.417. The number of aliphatic carboxylic acids is 1. The van der Waals surface area contributed by atoms with Crippen molar-refractivity contribution in [1.29, 1.82) is 0 Å². The molecule has 0 saturated carbocycles. The van der Waals surface area contributed by atoms with Crippen LogP contribution in [0, 0.1) is 0 Å². The zero-order valence-electron chi connectivity index (χ0n) is 18.5. The van der Waals surface area contributed by atoms with Crippen LogP contribution in [0.2, 0.25) is 25.7 Å². The van der Waals surface area contributed by atoms with Crippen molar-refractivity contribution in [2.24, 2.45) is 5.73 Å². The molecule has 6 nitrogen and oxygen atoms in total. The van der Waals surface area contributed by atoms with Gasteiger partial charge in [0.2, 0.25) is 0 Å². The minimum Gasteiger partial charge on any atom is -0.481 e. The van der Waals surface area contributed by atoms with Crippen LogP contribution < -0.4 is 5.73 Å². The van der Waals surface area contributed by atoms with Crippen LogP contribution in [0.4, 0.5) is 0 Å². The second-order valence-electron chi connectivity index (χ2n) is 8.92. The van der Waals surface area contributed by atoms with Gasteiger partial charge < -0.3 is 20.3 Å². The Balaban J connectivity index is 1.87. The number of nitrogens with two attached hydrogens (primary N) is 1. The molecule has 31 heavy (non-hydrogen) atoms. The summed E-state index contributed by atoms with van der Waals surface area (Å²) in [5.41, 5.74) is 8.41. The van der Waals surface area contributed by atoms with E-state index >= 15 is 0 Å². The van der Waals surface area contributed by atoms with Crippen LogP contribution in [0.5, 0.6) is 0 Å². The van der Waals surface area contributed by atoms with E-state index in [2.05, 4.69) is 19.6 Å². The zero-order chi connectivity index (χ0) is 22.9. The number of rotatable bonds is 12. The second kappa shape index (κ2) is 11.8. The third-order valence-corrected chi connectivity index (χ3v) is 6.65. The number of carbonyl (C=O) groups excluding carboxylic acids is 1. The lowest BCUT2D eigenvalue weighted by Crippen LogP contribution is -2.34. The van der Waals surface area contributed by atoms with E-state index < -0.39 is 32.0 Å². The lowest BCUT2D eigenvalue weighted by atomic mass is 9.97. The Morgan fingerprint density at radius 3 is 2.23 bits per heavy atom. The molecule has 7 heteroatoms. The number of carboxylic acids is 1. The molecule has 0 fully saturated rings. The average Bonchev–Trinajstić information content (AvgIpc) is 2.72. The zero-order valence-corrected chi connectivity index (χ0v) is 19.5. The first-order chi connectivity index (χ1) is 14.7. The molecule has 0 spiro atoms. The summed E-state index contributed by atoms with van der Waals surface area (Å²) < 4.78 is 10.9. The summed E-state index contributed by atoms with van der Waals surface area (Å²) in [4.78, 5) is 23.8. The summed E-state index contributed by atoms with van der Waals surface area (Å²) in [6.07, 6.45) is 0.318. The summed E-state index contributed by atoms with van der Waals surface area (Å²) >= 11 is 0. The number of hydrogen-bond donors (Lipinski definition) is 2. The van der Waals surface area contributed by atoms with Gasteiger partial charge in [0, 0.05) is 14.7 Å². The van der Waals surface area contributed by atoms with Crippen LogP contribution in [0.15, 0.2) is 54.6 Å². The highest BCUT2D eigenvalue weighted by atomic mass is 28.3. The first-order valence-electron chi connectivity index (χ1n) is 10.5. The van der Waals surface area contributed by atoms with Crippen molar-refractivity contribution >= 4 is 20.0 Å². The maximum Gasteiger partial charge on any atom is 0.323 e. The Kier molecular flexibility index (Phi) is 9.42. The summed E-state index contributed by atoms with van der Waals surface area (Å²) in [7, 11) is -1.22. The summed E-state index contributed by atoms with van der Waals surface area (Å²) in [5, 5.41) is 9.57.